The molecular formula is C25H23FN4O3S. The molecule has 1 aliphatic rings. The molecule has 0 radical (unpaired) electrons. The summed E-state index contributed by atoms with van der Waals surface area (Å²) in [6.45, 7) is 3.97. The summed E-state index contributed by atoms with van der Waals surface area (Å²) in [6, 6.07) is 15.2. The maximum atomic E-state index is 13.4. The predicted octanol–water partition coefficient (Wildman–Crippen LogP) is 3.01. The molecule has 0 aliphatic carbocycles. The first kappa shape index (κ1) is 22.1. The van der Waals surface area contributed by atoms with Crippen LogP contribution in [-0.2, 0) is 11.3 Å². The summed E-state index contributed by atoms with van der Waals surface area (Å²) in [5.74, 6) is -0.461. The van der Waals surface area contributed by atoms with E-state index < -0.39 is 5.69 Å². The van der Waals surface area contributed by atoms with Gasteiger partial charge in [0.1, 0.15) is 17.1 Å². The van der Waals surface area contributed by atoms with Gasteiger partial charge in [-0.25, -0.2) is 13.8 Å². The lowest BCUT2D eigenvalue weighted by Crippen LogP contribution is -2.50. The quantitative estimate of drug-likeness (QED) is 0.452. The molecule has 2 aromatic heterocycles. The minimum Gasteiger partial charge on any atom is -0.368 e. The standard InChI is InChI=1S/C25H23FN4O3S/c1-17-3-2-4-20(15-17)30-24(32)23-21(9-14-34-23)29(25(30)33)16-22(31)28-12-10-27(11-13-28)19-7-5-18(26)6-8-19/h2-9,14-15H,10-13,16H2,1H3. The lowest BCUT2D eigenvalue weighted by atomic mass is 10.2. The molecule has 0 spiro atoms. The normalized spacial score (nSPS) is 14.1. The van der Waals surface area contributed by atoms with Crippen molar-refractivity contribution in [3.8, 4) is 5.69 Å². The predicted molar refractivity (Wildman–Crippen MR) is 132 cm³/mol. The second kappa shape index (κ2) is 8.90. The molecule has 0 saturated carbocycles. The van der Waals surface area contributed by atoms with E-state index in [1.807, 2.05) is 13.0 Å². The van der Waals surface area contributed by atoms with Gasteiger partial charge >= 0.3 is 5.69 Å². The molecule has 0 unspecified atom stereocenters. The number of benzene rings is 2. The van der Waals surface area contributed by atoms with E-state index in [2.05, 4.69) is 4.90 Å². The van der Waals surface area contributed by atoms with E-state index in [4.69, 9.17) is 0 Å². The average molecular weight is 479 g/mol. The summed E-state index contributed by atoms with van der Waals surface area (Å²) >= 11 is 1.26. The molecule has 1 amide bonds. The molecule has 174 valence electrons. The number of aryl methyl sites for hydroxylation is 1. The van der Waals surface area contributed by atoms with Crippen molar-refractivity contribution < 1.29 is 9.18 Å². The Morgan fingerprint density at radius 2 is 1.71 bits per heavy atom. The monoisotopic (exact) mass is 478 g/mol. The number of piperazine rings is 1. The highest BCUT2D eigenvalue weighted by atomic mass is 32.1. The van der Waals surface area contributed by atoms with Gasteiger partial charge in [-0.05, 0) is 60.3 Å². The van der Waals surface area contributed by atoms with Crippen LogP contribution in [0.5, 0.6) is 0 Å². The molecule has 0 atom stereocenters. The van der Waals surface area contributed by atoms with Gasteiger partial charge < -0.3 is 9.80 Å². The number of rotatable bonds is 4. The Bertz CT molecular complexity index is 1480. The summed E-state index contributed by atoms with van der Waals surface area (Å²) in [7, 11) is 0. The molecule has 1 aliphatic heterocycles. The fraction of sp³-hybridized carbons (Fsp3) is 0.240. The number of carbonyl (C=O) groups is 1. The van der Waals surface area contributed by atoms with Crippen molar-refractivity contribution in [2.45, 2.75) is 13.5 Å². The second-order valence-corrected chi connectivity index (χ2v) is 9.24. The largest absolute Gasteiger partial charge is 0.368 e. The van der Waals surface area contributed by atoms with Crippen molar-refractivity contribution in [2.24, 2.45) is 0 Å². The highest BCUT2D eigenvalue weighted by Gasteiger charge is 2.24. The van der Waals surface area contributed by atoms with Gasteiger partial charge in [-0.15, -0.1) is 11.3 Å². The van der Waals surface area contributed by atoms with Gasteiger partial charge in [0.25, 0.3) is 5.56 Å². The van der Waals surface area contributed by atoms with Crippen LogP contribution in [0.25, 0.3) is 15.9 Å². The number of carbonyl (C=O) groups excluding carboxylic acids is 1. The van der Waals surface area contributed by atoms with Gasteiger partial charge in [-0.1, -0.05) is 12.1 Å². The van der Waals surface area contributed by atoms with Crippen LogP contribution in [0.3, 0.4) is 0 Å². The number of amides is 1. The average Bonchev–Trinajstić information content (AvgIpc) is 3.33. The number of thiophene rings is 1. The molecule has 1 saturated heterocycles. The lowest BCUT2D eigenvalue weighted by Gasteiger charge is -2.36. The molecule has 4 aromatic rings. The van der Waals surface area contributed by atoms with Gasteiger partial charge in [0.15, 0.2) is 0 Å². The Morgan fingerprint density at radius 1 is 0.971 bits per heavy atom. The highest BCUT2D eigenvalue weighted by Crippen LogP contribution is 2.19. The molecule has 7 nitrogen and oxygen atoms in total. The Kier molecular flexibility index (Phi) is 5.79. The topological polar surface area (TPSA) is 67.6 Å². The van der Waals surface area contributed by atoms with E-state index in [0.29, 0.717) is 42.1 Å². The molecule has 9 heteroatoms. The third-order valence-corrected chi connectivity index (χ3v) is 7.02. The smallest absolute Gasteiger partial charge is 0.336 e. The van der Waals surface area contributed by atoms with Crippen molar-refractivity contribution in [1.29, 1.82) is 0 Å². The van der Waals surface area contributed by atoms with Gasteiger partial charge in [0.2, 0.25) is 5.91 Å². The fourth-order valence-electron chi connectivity index (χ4n) is 4.34. The molecule has 2 aromatic carbocycles. The van der Waals surface area contributed by atoms with Crippen molar-refractivity contribution in [3.05, 3.63) is 92.2 Å². The van der Waals surface area contributed by atoms with Gasteiger partial charge in [-0.2, -0.15) is 0 Å². The van der Waals surface area contributed by atoms with E-state index in [-0.39, 0.29) is 23.8 Å². The van der Waals surface area contributed by atoms with Crippen LogP contribution in [-0.4, -0.2) is 46.1 Å². The molecule has 3 heterocycles. The number of fused-ring (bicyclic) bond motifs is 1. The van der Waals surface area contributed by atoms with Gasteiger partial charge in [0, 0.05) is 31.9 Å². The lowest BCUT2D eigenvalue weighted by molar-refractivity contribution is -0.132. The Labute approximate surface area is 198 Å². The van der Waals surface area contributed by atoms with Crippen LogP contribution in [0.2, 0.25) is 0 Å². The van der Waals surface area contributed by atoms with E-state index in [1.54, 1.807) is 46.7 Å². The van der Waals surface area contributed by atoms with E-state index in [0.717, 1.165) is 15.8 Å². The highest BCUT2D eigenvalue weighted by molar-refractivity contribution is 7.17. The molecule has 0 bridgehead atoms. The Hall–Kier alpha value is -3.72. The van der Waals surface area contributed by atoms with Gasteiger partial charge in [-0.3, -0.25) is 14.2 Å². The van der Waals surface area contributed by atoms with E-state index in [9.17, 15) is 18.8 Å². The maximum absolute atomic E-state index is 13.4. The van der Waals surface area contributed by atoms with Crippen LogP contribution in [0, 0.1) is 12.7 Å². The maximum Gasteiger partial charge on any atom is 0.336 e. The number of hydrogen-bond donors (Lipinski definition) is 0. The summed E-state index contributed by atoms with van der Waals surface area (Å²) in [5, 5.41) is 1.76. The van der Waals surface area contributed by atoms with E-state index in [1.165, 1.54) is 28.0 Å². The molecule has 34 heavy (non-hydrogen) atoms. The number of aromatic nitrogens is 2. The second-order valence-electron chi connectivity index (χ2n) is 8.33. The van der Waals surface area contributed by atoms with Crippen LogP contribution in [0.4, 0.5) is 10.1 Å². The third kappa shape index (κ3) is 4.03. The summed E-state index contributed by atoms with van der Waals surface area (Å²) in [5.41, 5.74) is 1.89. The zero-order valence-electron chi connectivity index (χ0n) is 18.6. The summed E-state index contributed by atoms with van der Waals surface area (Å²) < 4.78 is 16.2. The fourth-order valence-corrected chi connectivity index (χ4v) is 5.16. The molecule has 0 N–H and O–H groups in total. The number of nitrogens with zero attached hydrogens (tertiary/aromatic N) is 4. The van der Waals surface area contributed by atoms with Crippen molar-refractivity contribution in [1.82, 2.24) is 14.0 Å². The number of hydrogen-bond acceptors (Lipinski definition) is 5. The summed E-state index contributed by atoms with van der Waals surface area (Å²) in [6.07, 6.45) is 0. The minimum absolute atomic E-state index is 0.144. The van der Waals surface area contributed by atoms with Crippen molar-refractivity contribution in [2.75, 3.05) is 31.1 Å². The zero-order valence-corrected chi connectivity index (χ0v) is 19.4. The Morgan fingerprint density at radius 3 is 2.41 bits per heavy atom. The number of anilines is 1. The van der Waals surface area contributed by atoms with Crippen molar-refractivity contribution in [3.63, 3.8) is 0 Å². The minimum atomic E-state index is -0.528. The first-order valence-electron chi connectivity index (χ1n) is 11.0. The van der Waals surface area contributed by atoms with E-state index >= 15 is 0 Å². The molecule has 5 rings (SSSR count). The molecule has 1 fully saturated rings. The van der Waals surface area contributed by atoms with Gasteiger partial charge in [0.05, 0.1) is 11.2 Å². The van der Waals surface area contributed by atoms with Crippen LogP contribution >= 0.6 is 11.3 Å². The number of halogens is 1. The first-order valence-corrected chi connectivity index (χ1v) is 11.9. The zero-order chi connectivity index (χ0) is 23.8. The molecular weight excluding hydrogens is 455 g/mol. The van der Waals surface area contributed by atoms with Crippen LogP contribution < -0.4 is 16.1 Å². The summed E-state index contributed by atoms with van der Waals surface area (Å²) in [4.78, 5) is 43.5. The van der Waals surface area contributed by atoms with Crippen LogP contribution in [0.15, 0.2) is 69.6 Å². The Balaban J connectivity index is 1.41. The SMILES string of the molecule is Cc1cccc(-n2c(=O)c3sccc3n(CC(=O)N3CCN(c4ccc(F)cc4)CC3)c2=O)c1. The first-order chi connectivity index (χ1) is 16.4. The van der Waals surface area contributed by atoms with Crippen molar-refractivity contribution >= 4 is 33.1 Å². The third-order valence-electron chi connectivity index (χ3n) is 6.13. The van der Waals surface area contributed by atoms with Crippen LogP contribution in [0.1, 0.15) is 5.56 Å².